The van der Waals surface area contributed by atoms with Gasteiger partial charge in [0.25, 0.3) is 5.91 Å². The molecule has 1 N–H and O–H groups in total. The Kier molecular flexibility index (Phi) is 7.63. The first kappa shape index (κ1) is 21.3. The van der Waals surface area contributed by atoms with E-state index in [1.54, 1.807) is 24.3 Å². The van der Waals surface area contributed by atoms with Gasteiger partial charge in [-0.05, 0) is 48.2 Å². The Labute approximate surface area is 173 Å². The van der Waals surface area contributed by atoms with Gasteiger partial charge in [0.15, 0.2) is 6.61 Å². The van der Waals surface area contributed by atoms with Crippen molar-refractivity contribution in [2.75, 3.05) is 12.4 Å². The summed E-state index contributed by atoms with van der Waals surface area (Å²) in [5.74, 6) is -1.50. The van der Waals surface area contributed by atoms with Gasteiger partial charge in [0.1, 0.15) is 11.6 Å². The number of rotatable bonds is 8. The van der Waals surface area contributed by atoms with Crippen LogP contribution in [0.3, 0.4) is 0 Å². The van der Waals surface area contributed by atoms with E-state index in [4.69, 9.17) is 4.74 Å². The first-order chi connectivity index (χ1) is 14.0. The molecule has 4 nitrogen and oxygen atoms in total. The third-order valence-electron chi connectivity index (χ3n) is 4.80. The molecule has 7 heteroatoms. The van der Waals surface area contributed by atoms with E-state index in [1.165, 1.54) is 36.0 Å². The molecule has 0 bridgehead atoms. The Bertz CT molecular complexity index is 775. The zero-order valence-corrected chi connectivity index (χ0v) is 16.7. The Morgan fingerprint density at radius 1 is 0.966 bits per heavy atom. The molecular formula is C22H23F2NO3S. The smallest absolute Gasteiger partial charge is 0.316 e. The van der Waals surface area contributed by atoms with Crippen molar-refractivity contribution in [1.82, 2.24) is 5.32 Å². The first-order valence-electron chi connectivity index (χ1n) is 9.59. The molecule has 0 unspecified atom stereocenters. The van der Waals surface area contributed by atoms with E-state index in [0.717, 1.165) is 36.8 Å². The maximum atomic E-state index is 13.3. The Balaban J connectivity index is 1.56. The number of benzene rings is 2. The topological polar surface area (TPSA) is 55.4 Å². The molecule has 1 aliphatic carbocycles. The van der Waals surface area contributed by atoms with Gasteiger partial charge in [0.2, 0.25) is 0 Å². The van der Waals surface area contributed by atoms with E-state index < -0.39 is 5.97 Å². The zero-order chi connectivity index (χ0) is 20.6. The van der Waals surface area contributed by atoms with Crippen LogP contribution in [0, 0.1) is 11.6 Å². The van der Waals surface area contributed by atoms with Crippen molar-refractivity contribution >= 4 is 23.6 Å². The molecule has 1 aliphatic rings. The molecule has 0 saturated heterocycles. The minimum Gasteiger partial charge on any atom is -0.455 e. The summed E-state index contributed by atoms with van der Waals surface area (Å²) in [5.41, 5.74) is 1.57. The lowest BCUT2D eigenvalue weighted by atomic mass is 10.0. The van der Waals surface area contributed by atoms with Gasteiger partial charge in [-0.3, -0.25) is 9.59 Å². The van der Waals surface area contributed by atoms with E-state index >= 15 is 0 Å². The Hall–Kier alpha value is -2.41. The van der Waals surface area contributed by atoms with Crippen molar-refractivity contribution in [3.05, 3.63) is 71.3 Å². The Morgan fingerprint density at radius 3 is 2.00 bits per heavy atom. The maximum Gasteiger partial charge on any atom is 0.316 e. The van der Waals surface area contributed by atoms with Crippen molar-refractivity contribution in [2.24, 2.45) is 0 Å². The van der Waals surface area contributed by atoms with E-state index in [0.29, 0.717) is 0 Å². The summed E-state index contributed by atoms with van der Waals surface area (Å²) < 4.78 is 31.6. The summed E-state index contributed by atoms with van der Waals surface area (Å²) in [4.78, 5) is 24.0. The second-order valence-corrected chi connectivity index (χ2v) is 8.10. The molecule has 3 rings (SSSR count). The normalized spacial score (nSPS) is 14.2. The summed E-state index contributed by atoms with van der Waals surface area (Å²) in [6, 6.07) is 12.1. The van der Waals surface area contributed by atoms with Gasteiger partial charge in [0.05, 0.1) is 11.0 Å². The molecule has 0 atom stereocenters. The van der Waals surface area contributed by atoms with E-state index in [-0.39, 0.29) is 41.2 Å². The molecule has 0 radical (unpaired) electrons. The number of esters is 1. The van der Waals surface area contributed by atoms with Crippen molar-refractivity contribution < 1.29 is 23.1 Å². The standard InChI is InChI=1S/C22H23F2NO3S/c23-17-9-5-15(6-10-17)22(16-7-11-18(24)12-8-16)29-14-21(27)28-13-20(26)25-19-3-1-2-4-19/h5-12,19,22H,1-4,13-14H2,(H,25,26). The average Bonchev–Trinajstić information content (AvgIpc) is 3.22. The molecule has 0 heterocycles. The molecule has 0 aromatic heterocycles. The van der Waals surface area contributed by atoms with Gasteiger partial charge in [-0.1, -0.05) is 37.1 Å². The molecule has 1 fully saturated rings. The van der Waals surface area contributed by atoms with Crippen LogP contribution in [0.15, 0.2) is 48.5 Å². The number of nitrogens with one attached hydrogen (secondary N) is 1. The molecule has 2 aromatic carbocycles. The van der Waals surface area contributed by atoms with E-state index in [2.05, 4.69) is 5.32 Å². The highest BCUT2D eigenvalue weighted by Crippen LogP contribution is 2.35. The van der Waals surface area contributed by atoms with Gasteiger partial charge in [0, 0.05) is 6.04 Å². The minimum atomic E-state index is -0.509. The highest BCUT2D eigenvalue weighted by molar-refractivity contribution is 8.00. The lowest BCUT2D eigenvalue weighted by Gasteiger charge is -2.18. The second kappa shape index (κ2) is 10.4. The average molecular weight is 419 g/mol. The molecule has 1 amide bonds. The number of ether oxygens (including phenoxy) is 1. The van der Waals surface area contributed by atoms with Crippen molar-refractivity contribution in [3.63, 3.8) is 0 Å². The summed E-state index contributed by atoms with van der Waals surface area (Å²) >= 11 is 1.28. The van der Waals surface area contributed by atoms with Crippen LogP contribution in [-0.2, 0) is 14.3 Å². The fourth-order valence-corrected chi connectivity index (χ4v) is 4.42. The van der Waals surface area contributed by atoms with Crippen LogP contribution in [0.25, 0.3) is 0 Å². The monoisotopic (exact) mass is 419 g/mol. The molecule has 29 heavy (non-hydrogen) atoms. The number of carbonyl (C=O) groups excluding carboxylic acids is 2. The number of amides is 1. The summed E-state index contributed by atoms with van der Waals surface area (Å²) in [6.07, 6.45) is 4.14. The van der Waals surface area contributed by atoms with Gasteiger partial charge >= 0.3 is 5.97 Å². The third kappa shape index (κ3) is 6.56. The zero-order valence-electron chi connectivity index (χ0n) is 15.9. The van der Waals surface area contributed by atoms with Gasteiger partial charge in [-0.25, -0.2) is 8.78 Å². The first-order valence-corrected chi connectivity index (χ1v) is 10.6. The lowest BCUT2D eigenvalue weighted by molar-refractivity contribution is -0.146. The van der Waals surface area contributed by atoms with Crippen molar-refractivity contribution in [2.45, 2.75) is 37.0 Å². The highest BCUT2D eigenvalue weighted by Gasteiger charge is 2.20. The van der Waals surface area contributed by atoms with Gasteiger partial charge < -0.3 is 10.1 Å². The molecule has 1 saturated carbocycles. The van der Waals surface area contributed by atoms with Crippen LogP contribution >= 0.6 is 11.8 Å². The number of hydrogen-bond acceptors (Lipinski definition) is 4. The fourth-order valence-electron chi connectivity index (χ4n) is 3.34. The van der Waals surface area contributed by atoms with Gasteiger partial charge in [-0.15, -0.1) is 11.8 Å². The SMILES string of the molecule is O=C(COC(=O)CSC(c1ccc(F)cc1)c1ccc(F)cc1)NC1CCCC1. The largest absolute Gasteiger partial charge is 0.455 e. The predicted molar refractivity (Wildman–Crippen MR) is 108 cm³/mol. The predicted octanol–water partition coefficient (Wildman–Crippen LogP) is 4.39. The molecular weight excluding hydrogens is 396 g/mol. The van der Waals surface area contributed by atoms with Crippen LogP contribution in [0.5, 0.6) is 0 Å². The third-order valence-corrected chi connectivity index (χ3v) is 6.08. The van der Waals surface area contributed by atoms with E-state index in [1.807, 2.05) is 0 Å². The molecule has 0 spiro atoms. The maximum absolute atomic E-state index is 13.3. The van der Waals surface area contributed by atoms with Crippen molar-refractivity contribution in [3.8, 4) is 0 Å². The summed E-state index contributed by atoms with van der Waals surface area (Å²) in [5, 5.41) is 2.57. The Morgan fingerprint density at radius 2 is 1.48 bits per heavy atom. The number of halogens is 2. The van der Waals surface area contributed by atoms with Crippen LogP contribution in [-0.4, -0.2) is 30.3 Å². The fraction of sp³-hybridized carbons (Fsp3) is 0.364. The lowest BCUT2D eigenvalue weighted by Crippen LogP contribution is -2.36. The van der Waals surface area contributed by atoms with Crippen LogP contribution in [0.4, 0.5) is 8.78 Å². The quantitative estimate of drug-likeness (QED) is 0.645. The van der Waals surface area contributed by atoms with Crippen LogP contribution in [0.2, 0.25) is 0 Å². The molecule has 0 aliphatic heterocycles. The number of carbonyl (C=O) groups is 2. The minimum absolute atomic E-state index is 0.0100. The van der Waals surface area contributed by atoms with E-state index in [9.17, 15) is 18.4 Å². The summed E-state index contributed by atoms with van der Waals surface area (Å²) in [7, 11) is 0. The highest BCUT2D eigenvalue weighted by atomic mass is 32.2. The number of hydrogen-bond donors (Lipinski definition) is 1. The summed E-state index contributed by atoms with van der Waals surface area (Å²) in [6.45, 7) is -0.298. The van der Waals surface area contributed by atoms with Crippen LogP contribution < -0.4 is 5.32 Å². The number of thioether (sulfide) groups is 1. The van der Waals surface area contributed by atoms with Crippen LogP contribution in [0.1, 0.15) is 42.1 Å². The van der Waals surface area contributed by atoms with Crippen molar-refractivity contribution in [1.29, 1.82) is 0 Å². The van der Waals surface area contributed by atoms with Gasteiger partial charge in [-0.2, -0.15) is 0 Å². The molecule has 154 valence electrons. The second-order valence-electron chi connectivity index (χ2n) is 7.00. The molecule has 2 aromatic rings.